The molecule has 5 nitrogen and oxygen atoms in total. The van der Waals surface area contributed by atoms with Gasteiger partial charge in [0.25, 0.3) is 0 Å². The number of aliphatic hydroxyl groups is 1. The Kier molecular flexibility index (Phi) is 6.03. The van der Waals surface area contributed by atoms with Crippen LogP contribution < -0.4 is 5.73 Å². The molecule has 1 atom stereocenters. The van der Waals surface area contributed by atoms with Crippen molar-refractivity contribution < 1.29 is 5.11 Å². The van der Waals surface area contributed by atoms with Gasteiger partial charge in [0.2, 0.25) is 0 Å². The number of rotatable bonds is 8. The number of nitrogens with two attached hydrogens (primary N) is 1. The van der Waals surface area contributed by atoms with E-state index in [9.17, 15) is 0 Å². The highest BCUT2D eigenvalue weighted by Crippen LogP contribution is 2.12. The normalized spacial score (nSPS) is 12.9. The van der Waals surface area contributed by atoms with E-state index < -0.39 is 0 Å². The first-order chi connectivity index (χ1) is 7.77. The summed E-state index contributed by atoms with van der Waals surface area (Å²) in [5, 5.41) is 16.8. The highest BCUT2D eigenvalue weighted by Gasteiger charge is 2.08. The monoisotopic (exact) mass is 226 g/mol. The van der Waals surface area contributed by atoms with Gasteiger partial charge in [0.15, 0.2) is 0 Å². The van der Waals surface area contributed by atoms with Crippen molar-refractivity contribution in [3.8, 4) is 0 Å². The van der Waals surface area contributed by atoms with Crippen LogP contribution in [0.15, 0.2) is 6.20 Å². The summed E-state index contributed by atoms with van der Waals surface area (Å²) in [7, 11) is 0. The van der Waals surface area contributed by atoms with Crippen LogP contribution in [0.5, 0.6) is 0 Å². The van der Waals surface area contributed by atoms with E-state index in [-0.39, 0.29) is 12.6 Å². The van der Waals surface area contributed by atoms with Crippen LogP contribution in [0.3, 0.4) is 0 Å². The maximum atomic E-state index is 8.65. The lowest BCUT2D eigenvalue weighted by Gasteiger charge is -2.04. The summed E-state index contributed by atoms with van der Waals surface area (Å²) in [4.78, 5) is 0. The van der Waals surface area contributed by atoms with Gasteiger partial charge in [-0.15, -0.1) is 5.10 Å². The SMILES string of the molecule is CCCC(N)c1cn(CCCCCO)nn1. The fourth-order valence-corrected chi connectivity index (χ4v) is 1.61. The molecule has 0 aliphatic carbocycles. The van der Waals surface area contributed by atoms with E-state index in [4.69, 9.17) is 10.8 Å². The molecule has 16 heavy (non-hydrogen) atoms. The van der Waals surface area contributed by atoms with Gasteiger partial charge in [-0.1, -0.05) is 18.6 Å². The molecule has 3 N–H and O–H groups in total. The van der Waals surface area contributed by atoms with Crippen molar-refractivity contribution in [3.05, 3.63) is 11.9 Å². The first-order valence-electron chi connectivity index (χ1n) is 6.04. The molecule has 0 radical (unpaired) electrons. The van der Waals surface area contributed by atoms with Crippen molar-refractivity contribution in [2.45, 2.75) is 51.6 Å². The fraction of sp³-hybridized carbons (Fsp3) is 0.818. The van der Waals surface area contributed by atoms with Crippen LogP contribution in [0, 0.1) is 0 Å². The molecule has 1 aromatic rings. The second-order valence-electron chi connectivity index (χ2n) is 4.09. The van der Waals surface area contributed by atoms with Gasteiger partial charge in [0.05, 0.1) is 17.9 Å². The zero-order valence-corrected chi connectivity index (χ0v) is 9.97. The van der Waals surface area contributed by atoms with Crippen LogP contribution >= 0.6 is 0 Å². The minimum Gasteiger partial charge on any atom is -0.396 e. The maximum Gasteiger partial charge on any atom is 0.0994 e. The molecule has 0 bridgehead atoms. The molecule has 1 rings (SSSR count). The maximum absolute atomic E-state index is 8.65. The van der Waals surface area contributed by atoms with Crippen molar-refractivity contribution in [1.29, 1.82) is 0 Å². The molecular weight excluding hydrogens is 204 g/mol. The standard InChI is InChI=1S/C11H22N4O/c1-2-6-10(12)11-9-15(14-13-11)7-4-3-5-8-16/h9-10,16H,2-8,12H2,1H3. The molecule has 0 amide bonds. The van der Waals surface area contributed by atoms with Gasteiger partial charge >= 0.3 is 0 Å². The lowest BCUT2D eigenvalue weighted by atomic mass is 10.1. The second kappa shape index (κ2) is 7.35. The Morgan fingerprint density at radius 3 is 2.94 bits per heavy atom. The molecule has 0 spiro atoms. The Hall–Kier alpha value is -0.940. The number of hydrogen-bond donors (Lipinski definition) is 2. The van der Waals surface area contributed by atoms with E-state index in [0.29, 0.717) is 0 Å². The van der Waals surface area contributed by atoms with Crippen LogP contribution in [0.1, 0.15) is 50.8 Å². The summed E-state index contributed by atoms with van der Waals surface area (Å²) >= 11 is 0. The van der Waals surface area contributed by atoms with Crippen LogP contribution in [0.25, 0.3) is 0 Å². The van der Waals surface area contributed by atoms with E-state index in [1.807, 2.05) is 10.9 Å². The average molecular weight is 226 g/mol. The first kappa shape index (κ1) is 13.1. The molecule has 0 aromatic carbocycles. The molecule has 5 heteroatoms. The van der Waals surface area contributed by atoms with Crippen molar-refractivity contribution in [2.75, 3.05) is 6.61 Å². The number of nitrogens with zero attached hydrogens (tertiary/aromatic N) is 3. The largest absolute Gasteiger partial charge is 0.396 e. The van der Waals surface area contributed by atoms with Crippen LogP contribution in [0.2, 0.25) is 0 Å². The van der Waals surface area contributed by atoms with Crippen molar-refractivity contribution in [3.63, 3.8) is 0 Å². The summed E-state index contributed by atoms with van der Waals surface area (Å²) < 4.78 is 1.84. The summed E-state index contributed by atoms with van der Waals surface area (Å²) in [6.45, 7) is 3.23. The summed E-state index contributed by atoms with van der Waals surface area (Å²) in [6.07, 6.45) is 6.84. The number of aryl methyl sites for hydroxylation is 1. The zero-order valence-electron chi connectivity index (χ0n) is 9.97. The Morgan fingerprint density at radius 1 is 1.44 bits per heavy atom. The first-order valence-corrected chi connectivity index (χ1v) is 6.04. The summed E-state index contributed by atoms with van der Waals surface area (Å²) in [5.74, 6) is 0. The van der Waals surface area contributed by atoms with Gasteiger partial charge in [-0.05, 0) is 25.7 Å². The lowest BCUT2D eigenvalue weighted by molar-refractivity contribution is 0.281. The van der Waals surface area contributed by atoms with Gasteiger partial charge in [-0.3, -0.25) is 4.68 Å². The molecule has 1 heterocycles. The van der Waals surface area contributed by atoms with Gasteiger partial charge in [-0.25, -0.2) is 0 Å². The van der Waals surface area contributed by atoms with E-state index in [2.05, 4.69) is 17.2 Å². The van der Waals surface area contributed by atoms with Crippen molar-refractivity contribution in [1.82, 2.24) is 15.0 Å². The number of unbranched alkanes of at least 4 members (excludes halogenated alkanes) is 2. The molecule has 0 aliphatic heterocycles. The minimum absolute atomic E-state index is 0.0104. The molecule has 0 saturated heterocycles. The predicted molar refractivity (Wildman–Crippen MR) is 62.8 cm³/mol. The lowest BCUT2D eigenvalue weighted by Crippen LogP contribution is -2.10. The van der Waals surface area contributed by atoms with Crippen molar-refractivity contribution >= 4 is 0 Å². The Bertz CT molecular complexity index is 287. The van der Waals surface area contributed by atoms with E-state index in [1.54, 1.807) is 0 Å². The third-order valence-corrected chi connectivity index (χ3v) is 2.58. The van der Waals surface area contributed by atoms with Gasteiger partial charge in [-0.2, -0.15) is 0 Å². The molecule has 92 valence electrons. The second-order valence-corrected chi connectivity index (χ2v) is 4.09. The third-order valence-electron chi connectivity index (χ3n) is 2.58. The molecule has 1 unspecified atom stereocenters. The van der Waals surface area contributed by atoms with Crippen LogP contribution in [-0.2, 0) is 6.54 Å². The van der Waals surface area contributed by atoms with E-state index >= 15 is 0 Å². The van der Waals surface area contributed by atoms with Gasteiger partial charge in [0.1, 0.15) is 0 Å². The molecular formula is C11H22N4O. The van der Waals surface area contributed by atoms with Gasteiger partial charge in [0, 0.05) is 13.2 Å². The topological polar surface area (TPSA) is 77.0 Å². The van der Waals surface area contributed by atoms with Crippen molar-refractivity contribution in [2.24, 2.45) is 5.73 Å². The Labute approximate surface area is 96.6 Å². The van der Waals surface area contributed by atoms with Crippen LogP contribution in [-0.4, -0.2) is 26.7 Å². The quantitative estimate of drug-likeness (QED) is 0.654. The van der Waals surface area contributed by atoms with E-state index in [0.717, 1.165) is 44.3 Å². The smallest absolute Gasteiger partial charge is 0.0994 e. The predicted octanol–water partition coefficient (Wildman–Crippen LogP) is 1.24. The summed E-state index contributed by atoms with van der Waals surface area (Å²) in [6, 6.07) is 0.0104. The van der Waals surface area contributed by atoms with Gasteiger partial charge < -0.3 is 10.8 Å². The molecule has 0 fully saturated rings. The zero-order chi connectivity index (χ0) is 11.8. The van der Waals surface area contributed by atoms with E-state index in [1.165, 1.54) is 0 Å². The number of hydrogen-bond acceptors (Lipinski definition) is 4. The highest BCUT2D eigenvalue weighted by atomic mass is 16.2. The molecule has 0 aliphatic rings. The summed E-state index contributed by atoms with van der Waals surface area (Å²) in [5.41, 5.74) is 6.83. The molecule has 1 aromatic heterocycles. The molecule has 0 saturated carbocycles. The number of aliphatic hydroxyl groups excluding tert-OH is 1. The highest BCUT2D eigenvalue weighted by molar-refractivity contribution is 4.99. The van der Waals surface area contributed by atoms with Crippen LogP contribution in [0.4, 0.5) is 0 Å². The Balaban J connectivity index is 2.33. The average Bonchev–Trinajstić information content (AvgIpc) is 2.73. The fourth-order valence-electron chi connectivity index (χ4n) is 1.61. The Morgan fingerprint density at radius 2 is 2.25 bits per heavy atom. The third kappa shape index (κ3) is 4.28. The minimum atomic E-state index is 0.0104. The number of aromatic nitrogens is 3.